The van der Waals surface area contributed by atoms with Crippen LogP contribution in [0.3, 0.4) is 0 Å². The average Bonchev–Trinajstić information content (AvgIpc) is 3.58. The van der Waals surface area contributed by atoms with Crippen molar-refractivity contribution in [2.24, 2.45) is 34.0 Å². The Hall–Kier alpha value is -3.46. The number of hydrogen-bond acceptors (Lipinski definition) is 3. The van der Waals surface area contributed by atoms with Crippen molar-refractivity contribution >= 4 is 39.0 Å². The molecule has 2 fully saturated rings. The fourth-order valence-electron chi connectivity index (χ4n) is 9.90. The molecule has 0 radical (unpaired) electrons. The molecular weight excluding hydrogens is 597 g/mol. The summed E-state index contributed by atoms with van der Waals surface area (Å²) in [5.74, 6) is 1.95. The summed E-state index contributed by atoms with van der Waals surface area (Å²) in [6, 6.07) is 22.9. The first-order valence-corrected chi connectivity index (χ1v) is 19.2. The Bertz CT molecular complexity index is 1920. The third-order valence-electron chi connectivity index (χ3n) is 13.4. The summed E-state index contributed by atoms with van der Waals surface area (Å²) in [7, 11) is 0. The number of nitrogens with zero attached hydrogens (tertiary/aromatic N) is 2. The smallest absolute Gasteiger partial charge is 0.137 e. The lowest BCUT2D eigenvalue weighted by Crippen LogP contribution is -2.41. The van der Waals surface area contributed by atoms with Crippen LogP contribution in [-0.4, -0.2) is 12.6 Å². The summed E-state index contributed by atoms with van der Waals surface area (Å²) in [5, 5.41) is 2.36. The van der Waals surface area contributed by atoms with Crippen LogP contribution in [0.1, 0.15) is 106 Å². The molecule has 0 amide bonds. The van der Waals surface area contributed by atoms with E-state index < -0.39 is 0 Å². The van der Waals surface area contributed by atoms with Crippen LogP contribution in [-0.2, 0) is 0 Å². The van der Waals surface area contributed by atoms with Gasteiger partial charge in [0, 0.05) is 35.0 Å². The van der Waals surface area contributed by atoms with Gasteiger partial charge in [-0.05, 0) is 134 Å². The molecule has 3 aliphatic rings. The molecule has 0 spiro atoms. The van der Waals surface area contributed by atoms with Gasteiger partial charge >= 0.3 is 0 Å². The molecule has 7 rings (SSSR count). The van der Waals surface area contributed by atoms with Crippen LogP contribution in [0.2, 0.25) is 0 Å². The number of allylic oxidation sites excluding steroid dienone is 3. The molecule has 3 aromatic carbocycles. The van der Waals surface area contributed by atoms with Crippen molar-refractivity contribution in [1.29, 1.82) is 0 Å². The molecule has 4 aromatic rings. The summed E-state index contributed by atoms with van der Waals surface area (Å²) >= 11 is 0. The zero-order chi connectivity index (χ0) is 34.9. The van der Waals surface area contributed by atoms with E-state index in [1.165, 1.54) is 64.8 Å². The lowest BCUT2D eigenvalue weighted by atomic mass is 9.56. The second-order valence-electron chi connectivity index (χ2n) is 17.9. The van der Waals surface area contributed by atoms with Crippen molar-refractivity contribution in [3.63, 3.8) is 0 Å². The van der Waals surface area contributed by atoms with Gasteiger partial charge in [-0.1, -0.05) is 91.3 Å². The van der Waals surface area contributed by atoms with Gasteiger partial charge in [0.25, 0.3) is 0 Å². The molecule has 2 saturated carbocycles. The summed E-state index contributed by atoms with van der Waals surface area (Å²) in [5.41, 5.74) is 10.7. The maximum Gasteiger partial charge on any atom is 0.137 e. The third-order valence-corrected chi connectivity index (χ3v) is 13.4. The Balaban J connectivity index is 1.41. The zero-order valence-electron chi connectivity index (χ0n) is 32.0. The first-order valence-electron chi connectivity index (χ1n) is 19.2. The predicted molar refractivity (Wildman–Crippen MR) is 211 cm³/mol. The average molecular weight is 657 g/mol. The Morgan fingerprint density at radius 2 is 1.59 bits per heavy atom. The lowest BCUT2D eigenvalue weighted by molar-refractivity contribution is 0.123. The first-order chi connectivity index (χ1) is 23.2. The van der Waals surface area contributed by atoms with Gasteiger partial charge in [0.05, 0.1) is 11.1 Å². The van der Waals surface area contributed by atoms with E-state index in [4.69, 9.17) is 4.42 Å². The van der Waals surface area contributed by atoms with Gasteiger partial charge in [-0.3, -0.25) is 0 Å². The highest BCUT2D eigenvalue weighted by Crippen LogP contribution is 2.56. The maximum atomic E-state index is 6.48. The van der Waals surface area contributed by atoms with Crippen molar-refractivity contribution in [1.82, 2.24) is 0 Å². The van der Waals surface area contributed by atoms with E-state index in [0.29, 0.717) is 34.6 Å². The first kappa shape index (κ1) is 34.0. The van der Waals surface area contributed by atoms with E-state index in [0.717, 1.165) is 30.6 Å². The van der Waals surface area contributed by atoms with E-state index in [-0.39, 0.29) is 5.41 Å². The fraction of sp³-hybridized carbons (Fsp3) is 0.522. The van der Waals surface area contributed by atoms with Gasteiger partial charge in [-0.25, -0.2) is 0 Å². The number of para-hydroxylation sites is 1. The zero-order valence-corrected chi connectivity index (χ0v) is 32.0. The number of fused-ring (bicyclic) bond motifs is 4. The Morgan fingerprint density at radius 1 is 0.857 bits per heavy atom. The van der Waals surface area contributed by atoms with E-state index in [9.17, 15) is 0 Å². The number of rotatable bonds is 8. The normalized spacial score (nSPS) is 24.7. The molecule has 1 aromatic heterocycles. The standard InChI is InChI=1S/C46H60N2O/c1-11-25-47(32(4)36-21-22-44(5,6)31(36)3)34-26-30(2)27-35(28-34)48(33-19-20-38-39(29-33)46(9,10)24-23-45(38,7)8)40-16-14-18-42-43(40)37-15-12-13-17-41(37)49-42/h12-19,26-29,31-32,36,38H,11,20-25H2,1-10H3/t31-,32?,36-,38?/m0/s1. The maximum absolute atomic E-state index is 6.48. The fourth-order valence-corrected chi connectivity index (χ4v) is 9.90. The van der Waals surface area contributed by atoms with E-state index >= 15 is 0 Å². The van der Waals surface area contributed by atoms with Crippen molar-refractivity contribution in [3.05, 3.63) is 89.6 Å². The molecule has 3 nitrogen and oxygen atoms in total. The van der Waals surface area contributed by atoms with Crippen LogP contribution in [0, 0.1) is 40.9 Å². The number of aryl methyl sites for hydroxylation is 1. The van der Waals surface area contributed by atoms with E-state index in [1.54, 1.807) is 5.57 Å². The minimum Gasteiger partial charge on any atom is -0.456 e. The van der Waals surface area contributed by atoms with Gasteiger partial charge in [-0.2, -0.15) is 0 Å². The van der Waals surface area contributed by atoms with Crippen LogP contribution in [0.5, 0.6) is 0 Å². The van der Waals surface area contributed by atoms with Gasteiger partial charge in [0.1, 0.15) is 11.2 Å². The molecule has 1 heterocycles. The largest absolute Gasteiger partial charge is 0.456 e. The highest BCUT2D eigenvalue weighted by Gasteiger charge is 2.45. The van der Waals surface area contributed by atoms with Crippen LogP contribution < -0.4 is 9.80 Å². The molecule has 3 heteroatoms. The second-order valence-corrected chi connectivity index (χ2v) is 17.9. The lowest BCUT2D eigenvalue weighted by Gasteiger charge is -2.50. The van der Waals surface area contributed by atoms with Crippen molar-refractivity contribution in [3.8, 4) is 0 Å². The predicted octanol–water partition coefficient (Wildman–Crippen LogP) is 13.4. The quantitative estimate of drug-likeness (QED) is 0.188. The van der Waals surface area contributed by atoms with Crippen LogP contribution in [0.25, 0.3) is 21.9 Å². The molecule has 0 bridgehead atoms. The SMILES string of the molecule is CCCN(c1cc(C)cc(N(C2=CCC3C(=C2)C(C)(C)CCC3(C)C)c2cccc3oc4ccccc4c23)c1)C(C)[C@H]1CCC(C)(C)[C@H]1C. The molecule has 3 aliphatic carbocycles. The van der Waals surface area contributed by atoms with E-state index in [1.807, 2.05) is 0 Å². The minimum atomic E-state index is 0.177. The highest BCUT2D eigenvalue weighted by atomic mass is 16.3. The van der Waals surface area contributed by atoms with Crippen molar-refractivity contribution < 1.29 is 4.42 Å². The molecule has 2 unspecified atom stereocenters. The van der Waals surface area contributed by atoms with Crippen molar-refractivity contribution in [2.45, 2.75) is 114 Å². The summed E-state index contributed by atoms with van der Waals surface area (Å²) in [6.07, 6.45) is 12.4. The molecular formula is C46H60N2O. The summed E-state index contributed by atoms with van der Waals surface area (Å²) < 4.78 is 6.48. The van der Waals surface area contributed by atoms with Gasteiger partial charge < -0.3 is 14.2 Å². The van der Waals surface area contributed by atoms with Crippen molar-refractivity contribution in [2.75, 3.05) is 16.3 Å². The minimum absolute atomic E-state index is 0.177. The Morgan fingerprint density at radius 3 is 2.33 bits per heavy atom. The molecule has 0 saturated heterocycles. The highest BCUT2D eigenvalue weighted by molar-refractivity contribution is 6.12. The van der Waals surface area contributed by atoms with Gasteiger partial charge in [-0.15, -0.1) is 0 Å². The van der Waals surface area contributed by atoms with Gasteiger partial charge in [0.15, 0.2) is 0 Å². The molecule has 49 heavy (non-hydrogen) atoms. The second kappa shape index (κ2) is 12.4. The number of anilines is 3. The summed E-state index contributed by atoms with van der Waals surface area (Å²) in [6.45, 7) is 25.5. The number of benzene rings is 3. The van der Waals surface area contributed by atoms with E-state index in [2.05, 4.69) is 152 Å². The summed E-state index contributed by atoms with van der Waals surface area (Å²) in [4.78, 5) is 5.30. The number of hydrogen-bond donors (Lipinski definition) is 0. The molecule has 4 atom stereocenters. The Labute approximate surface area is 296 Å². The van der Waals surface area contributed by atoms with Gasteiger partial charge in [0.2, 0.25) is 0 Å². The monoisotopic (exact) mass is 656 g/mol. The topological polar surface area (TPSA) is 19.6 Å². The van der Waals surface area contributed by atoms with Crippen LogP contribution in [0.15, 0.2) is 88.5 Å². The molecule has 0 N–H and O–H groups in total. The molecule has 0 aliphatic heterocycles. The third kappa shape index (κ3) is 5.93. The molecule has 260 valence electrons. The van der Waals surface area contributed by atoms with Crippen LogP contribution >= 0.6 is 0 Å². The number of furan rings is 1. The van der Waals surface area contributed by atoms with Crippen LogP contribution in [0.4, 0.5) is 17.1 Å². The Kier molecular flexibility index (Phi) is 8.60.